The normalized spacial score (nSPS) is 27.1. The van der Waals surface area contributed by atoms with E-state index in [1.807, 2.05) is 30.3 Å². The quantitative estimate of drug-likeness (QED) is 0.104. The van der Waals surface area contributed by atoms with Gasteiger partial charge in [-0.2, -0.15) is 0 Å². The molecule has 2 bridgehead atoms. The number of hydrogen-bond acceptors (Lipinski definition) is 7. The molecule has 45 heavy (non-hydrogen) atoms. The number of halogens is 1. The standard InChI is InChI=1S/C34H46BrN3O7/c1-4-7-12-18-37(17-6-3)33(43)30-34-21-24(35)29(45-34)27(28(34)32(42)38(30)19-13-20-39)31(41)36-25(23-14-10-9-11-15-23)22-44-26(40)16-8-5-2/h5-6,9-11,14-15,24-25,27-30,39H,2-4,7-8,12-13,16-22H2,1H3,(H,36,41)/t24?,25-,27+,28-,29+,30+,34-/m1/s1. The average molecular weight is 689 g/mol. The molecule has 1 spiro atoms. The fourth-order valence-corrected chi connectivity index (χ4v) is 7.95. The van der Waals surface area contributed by atoms with E-state index in [0.717, 1.165) is 24.8 Å². The largest absolute Gasteiger partial charge is 0.463 e. The topological polar surface area (TPSA) is 125 Å². The van der Waals surface area contributed by atoms with Crippen LogP contribution in [0.1, 0.15) is 63.5 Å². The summed E-state index contributed by atoms with van der Waals surface area (Å²) in [5.74, 6) is -3.10. The van der Waals surface area contributed by atoms with Crippen molar-refractivity contribution in [2.75, 3.05) is 32.8 Å². The lowest BCUT2D eigenvalue weighted by Crippen LogP contribution is -2.57. The van der Waals surface area contributed by atoms with Gasteiger partial charge in [-0.1, -0.05) is 78.2 Å². The number of aliphatic hydroxyl groups is 1. The van der Waals surface area contributed by atoms with Crippen LogP contribution in [0.2, 0.25) is 0 Å². The lowest BCUT2D eigenvalue weighted by molar-refractivity contribution is -0.148. The molecule has 0 aliphatic carbocycles. The Morgan fingerprint density at radius 1 is 1.22 bits per heavy atom. The molecule has 0 radical (unpaired) electrons. The molecule has 3 aliphatic heterocycles. The third-order valence-electron chi connectivity index (χ3n) is 9.06. The maximum absolute atomic E-state index is 14.3. The van der Waals surface area contributed by atoms with Gasteiger partial charge in [-0.25, -0.2) is 0 Å². The third kappa shape index (κ3) is 7.36. The number of rotatable bonds is 18. The smallest absolute Gasteiger partial charge is 0.306 e. The maximum Gasteiger partial charge on any atom is 0.306 e. The van der Waals surface area contributed by atoms with E-state index >= 15 is 0 Å². The van der Waals surface area contributed by atoms with E-state index in [1.54, 1.807) is 17.1 Å². The molecule has 3 amide bonds. The van der Waals surface area contributed by atoms with E-state index < -0.39 is 47.5 Å². The molecule has 3 fully saturated rings. The Morgan fingerprint density at radius 3 is 2.64 bits per heavy atom. The predicted octanol–water partition coefficient (Wildman–Crippen LogP) is 3.69. The first kappa shape index (κ1) is 34.8. The number of ether oxygens (including phenoxy) is 2. The van der Waals surface area contributed by atoms with Gasteiger partial charge in [-0.3, -0.25) is 19.2 Å². The summed E-state index contributed by atoms with van der Waals surface area (Å²) in [6, 6.07) is 7.63. The van der Waals surface area contributed by atoms with Crippen molar-refractivity contribution in [1.82, 2.24) is 15.1 Å². The van der Waals surface area contributed by atoms with Crippen LogP contribution in [0.4, 0.5) is 0 Å². The van der Waals surface area contributed by atoms with Crippen molar-refractivity contribution in [1.29, 1.82) is 0 Å². The fourth-order valence-electron chi connectivity index (χ4n) is 7.01. The monoisotopic (exact) mass is 687 g/mol. The Labute approximate surface area is 274 Å². The van der Waals surface area contributed by atoms with E-state index in [2.05, 4.69) is 41.3 Å². The van der Waals surface area contributed by atoms with Gasteiger partial charge in [-0.15, -0.1) is 13.2 Å². The summed E-state index contributed by atoms with van der Waals surface area (Å²) in [5, 5.41) is 12.7. The van der Waals surface area contributed by atoms with Gasteiger partial charge in [0.05, 0.1) is 24.0 Å². The summed E-state index contributed by atoms with van der Waals surface area (Å²) >= 11 is 3.72. The van der Waals surface area contributed by atoms with Crippen LogP contribution in [0.25, 0.3) is 0 Å². The number of fused-ring (bicyclic) bond motifs is 1. The number of carbonyl (C=O) groups excluding carboxylic acids is 4. The zero-order valence-electron chi connectivity index (χ0n) is 26.1. The second-order valence-corrected chi connectivity index (χ2v) is 13.2. The zero-order chi connectivity index (χ0) is 32.6. The fraction of sp³-hybridized carbons (Fsp3) is 0.588. The lowest BCUT2D eigenvalue weighted by atomic mass is 9.70. The van der Waals surface area contributed by atoms with E-state index in [-0.39, 0.29) is 42.8 Å². The van der Waals surface area contributed by atoms with Crippen LogP contribution in [-0.4, -0.2) is 94.0 Å². The Bertz CT molecular complexity index is 1230. The van der Waals surface area contributed by atoms with Crippen molar-refractivity contribution < 1.29 is 33.8 Å². The minimum absolute atomic E-state index is 0.0799. The van der Waals surface area contributed by atoms with Gasteiger partial charge in [0.15, 0.2) is 0 Å². The van der Waals surface area contributed by atoms with Gasteiger partial charge in [0, 0.05) is 37.5 Å². The second kappa shape index (κ2) is 16.0. The number of alkyl halides is 1. The first-order valence-corrected chi connectivity index (χ1v) is 16.9. The Morgan fingerprint density at radius 2 is 1.98 bits per heavy atom. The number of nitrogens with one attached hydrogen (secondary N) is 1. The van der Waals surface area contributed by atoms with E-state index in [9.17, 15) is 24.3 Å². The van der Waals surface area contributed by atoms with Gasteiger partial charge in [0.2, 0.25) is 17.7 Å². The van der Waals surface area contributed by atoms with Crippen LogP contribution < -0.4 is 5.32 Å². The Hall–Kier alpha value is -3.02. The van der Waals surface area contributed by atoms with Crippen LogP contribution in [0.3, 0.4) is 0 Å². The van der Waals surface area contributed by atoms with Crippen molar-refractivity contribution in [3.8, 4) is 0 Å². The van der Waals surface area contributed by atoms with E-state index in [1.165, 1.54) is 4.90 Å². The summed E-state index contributed by atoms with van der Waals surface area (Å²) < 4.78 is 12.1. The number of nitrogens with zero attached hydrogens (tertiary/aromatic N) is 2. The number of unbranched alkanes of at least 4 members (excludes halogenated alkanes) is 2. The van der Waals surface area contributed by atoms with E-state index in [0.29, 0.717) is 32.4 Å². The number of esters is 1. The van der Waals surface area contributed by atoms with Crippen LogP contribution in [0.5, 0.6) is 0 Å². The molecule has 4 rings (SSSR count). The number of carbonyl (C=O) groups is 4. The Kier molecular flexibility index (Phi) is 12.4. The number of likely N-dealkylation sites (tertiary alicyclic amines) is 1. The molecule has 3 aliphatic rings. The number of hydrogen-bond donors (Lipinski definition) is 2. The SMILES string of the molecule is C=CCCC(=O)OC[C@@H](NC(=O)[C@@H]1[C@H]2O[C@@]3(CC2Br)[C@H](C(=O)N(CC=C)CCCCC)N(CCCO)C(=O)[C@@H]13)c1ccccc1. The molecule has 3 saturated heterocycles. The lowest BCUT2D eigenvalue weighted by Gasteiger charge is -2.37. The van der Waals surface area contributed by atoms with Crippen LogP contribution >= 0.6 is 15.9 Å². The van der Waals surface area contributed by atoms with Gasteiger partial charge < -0.3 is 29.7 Å². The number of allylic oxidation sites excluding steroid dienone is 1. The van der Waals surface area contributed by atoms with Crippen molar-refractivity contribution in [3.05, 3.63) is 61.2 Å². The van der Waals surface area contributed by atoms with Crippen molar-refractivity contribution in [2.24, 2.45) is 11.8 Å². The van der Waals surface area contributed by atoms with Crippen LogP contribution in [0.15, 0.2) is 55.6 Å². The molecular weight excluding hydrogens is 642 g/mol. The van der Waals surface area contributed by atoms with Crippen molar-refractivity contribution in [2.45, 2.75) is 80.5 Å². The summed E-state index contributed by atoms with van der Waals surface area (Å²) in [5.41, 5.74) is -0.451. The van der Waals surface area contributed by atoms with Gasteiger partial charge >= 0.3 is 5.97 Å². The second-order valence-electron chi connectivity index (χ2n) is 12.0. The van der Waals surface area contributed by atoms with Crippen molar-refractivity contribution >= 4 is 39.6 Å². The maximum atomic E-state index is 14.3. The summed E-state index contributed by atoms with van der Waals surface area (Å²) in [4.78, 5) is 58.0. The highest BCUT2D eigenvalue weighted by molar-refractivity contribution is 9.09. The van der Waals surface area contributed by atoms with Crippen LogP contribution in [0, 0.1) is 11.8 Å². The molecule has 3 heterocycles. The van der Waals surface area contributed by atoms with Gasteiger partial charge in [0.1, 0.15) is 18.2 Å². The highest BCUT2D eigenvalue weighted by Crippen LogP contribution is 2.60. The molecule has 0 aromatic heterocycles. The highest BCUT2D eigenvalue weighted by atomic mass is 79.9. The third-order valence-corrected chi connectivity index (χ3v) is 9.90. The minimum Gasteiger partial charge on any atom is -0.463 e. The first-order valence-electron chi connectivity index (χ1n) is 16.0. The highest BCUT2D eigenvalue weighted by Gasteiger charge is 2.76. The number of amides is 3. The number of benzene rings is 1. The number of aliphatic hydroxyl groups excluding tert-OH is 1. The molecule has 0 saturated carbocycles. The molecule has 10 nitrogen and oxygen atoms in total. The average Bonchev–Trinajstić information content (AvgIpc) is 3.63. The molecule has 2 N–H and O–H groups in total. The molecule has 246 valence electrons. The minimum atomic E-state index is -1.20. The summed E-state index contributed by atoms with van der Waals surface area (Å²) in [6.45, 7) is 10.4. The molecule has 11 heteroatoms. The molecule has 1 aromatic rings. The Balaban J connectivity index is 1.63. The first-order chi connectivity index (χ1) is 21.7. The summed E-state index contributed by atoms with van der Waals surface area (Å²) in [6.07, 6.45) is 6.82. The van der Waals surface area contributed by atoms with Gasteiger partial charge in [-0.05, 0) is 31.2 Å². The molecule has 1 aromatic carbocycles. The zero-order valence-corrected chi connectivity index (χ0v) is 27.7. The molecule has 1 unspecified atom stereocenters. The predicted molar refractivity (Wildman–Crippen MR) is 173 cm³/mol. The van der Waals surface area contributed by atoms with Crippen molar-refractivity contribution in [3.63, 3.8) is 0 Å². The molecule has 7 atom stereocenters. The van der Waals surface area contributed by atoms with E-state index in [4.69, 9.17) is 9.47 Å². The summed E-state index contributed by atoms with van der Waals surface area (Å²) in [7, 11) is 0. The molecular formula is C34H46BrN3O7. The van der Waals surface area contributed by atoms with Crippen LogP contribution in [-0.2, 0) is 28.7 Å². The van der Waals surface area contributed by atoms with Gasteiger partial charge in [0.25, 0.3) is 0 Å².